The van der Waals surface area contributed by atoms with Crippen molar-refractivity contribution in [2.24, 2.45) is 5.92 Å². The molecule has 0 N–H and O–H groups in total. The third-order valence-corrected chi connectivity index (χ3v) is 7.22. The van der Waals surface area contributed by atoms with Crippen LogP contribution >= 0.6 is 11.3 Å². The second-order valence-corrected chi connectivity index (χ2v) is 9.45. The standard InChI is InChI=1S/C22H28N6OS/c1-16-5-7-17(8-6-16)19-15-28-21(23-19)30-22(24-28)27-9-3-4-18(14-27)20(29)26-12-10-25(2)11-13-26/h5-8,15,18H,3-4,9-14H2,1-2H3. The van der Waals surface area contributed by atoms with Crippen LogP contribution in [0.4, 0.5) is 5.13 Å². The van der Waals surface area contributed by atoms with Crippen molar-refractivity contribution in [3.8, 4) is 11.3 Å². The minimum Gasteiger partial charge on any atom is -0.346 e. The first-order valence-corrected chi connectivity index (χ1v) is 11.5. The maximum atomic E-state index is 13.0. The molecule has 7 nitrogen and oxygen atoms in total. The molecule has 1 unspecified atom stereocenters. The fourth-order valence-corrected chi connectivity index (χ4v) is 5.24. The quantitative estimate of drug-likeness (QED) is 0.647. The van der Waals surface area contributed by atoms with Crippen LogP contribution in [0.15, 0.2) is 30.5 Å². The van der Waals surface area contributed by atoms with Gasteiger partial charge in [-0.15, -0.1) is 5.10 Å². The number of hydrogen-bond donors (Lipinski definition) is 0. The number of likely N-dealkylation sites (N-methyl/N-ethyl adjacent to an activating group) is 1. The van der Waals surface area contributed by atoms with Gasteiger partial charge in [0.2, 0.25) is 16.0 Å². The first kappa shape index (κ1) is 19.5. The summed E-state index contributed by atoms with van der Waals surface area (Å²) in [5.74, 6) is 0.386. The molecule has 5 rings (SSSR count). The number of aryl methyl sites for hydroxylation is 1. The predicted molar refractivity (Wildman–Crippen MR) is 120 cm³/mol. The van der Waals surface area contributed by atoms with E-state index in [9.17, 15) is 4.79 Å². The van der Waals surface area contributed by atoms with Gasteiger partial charge in [-0.3, -0.25) is 4.79 Å². The van der Waals surface area contributed by atoms with Crippen LogP contribution in [-0.4, -0.2) is 76.6 Å². The van der Waals surface area contributed by atoms with E-state index in [-0.39, 0.29) is 5.92 Å². The van der Waals surface area contributed by atoms with Crippen LogP contribution in [-0.2, 0) is 4.79 Å². The van der Waals surface area contributed by atoms with E-state index in [0.717, 1.165) is 73.5 Å². The summed E-state index contributed by atoms with van der Waals surface area (Å²) in [6, 6.07) is 8.41. The molecule has 0 radical (unpaired) electrons. The van der Waals surface area contributed by atoms with Crippen molar-refractivity contribution in [1.29, 1.82) is 0 Å². The van der Waals surface area contributed by atoms with Gasteiger partial charge in [0, 0.05) is 44.8 Å². The van der Waals surface area contributed by atoms with Crippen molar-refractivity contribution >= 4 is 27.3 Å². The van der Waals surface area contributed by atoms with Gasteiger partial charge in [0.25, 0.3) is 0 Å². The van der Waals surface area contributed by atoms with Crippen molar-refractivity contribution in [2.45, 2.75) is 19.8 Å². The molecule has 3 aromatic rings. The number of amides is 1. The van der Waals surface area contributed by atoms with E-state index < -0.39 is 0 Å². The van der Waals surface area contributed by atoms with E-state index in [1.165, 1.54) is 5.56 Å². The van der Waals surface area contributed by atoms with Crippen molar-refractivity contribution in [3.63, 3.8) is 0 Å². The zero-order chi connectivity index (χ0) is 20.7. The first-order valence-electron chi connectivity index (χ1n) is 10.7. The third kappa shape index (κ3) is 3.81. The molecule has 0 spiro atoms. The molecule has 1 amide bonds. The molecule has 2 fully saturated rings. The highest BCUT2D eigenvalue weighted by Gasteiger charge is 2.31. The second kappa shape index (κ2) is 8.00. The van der Waals surface area contributed by atoms with Gasteiger partial charge in [0.05, 0.1) is 17.8 Å². The molecule has 4 heterocycles. The monoisotopic (exact) mass is 424 g/mol. The number of carbonyl (C=O) groups is 1. The van der Waals surface area contributed by atoms with Crippen LogP contribution in [0.3, 0.4) is 0 Å². The zero-order valence-electron chi connectivity index (χ0n) is 17.6. The number of rotatable bonds is 3. The van der Waals surface area contributed by atoms with Gasteiger partial charge in [0.15, 0.2) is 0 Å². The van der Waals surface area contributed by atoms with Gasteiger partial charge in [-0.2, -0.15) is 0 Å². The fraction of sp³-hybridized carbons (Fsp3) is 0.500. The van der Waals surface area contributed by atoms with Crippen molar-refractivity contribution in [1.82, 2.24) is 24.4 Å². The summed E-state index contributed by atoms with van der Waals surface area (Å²) >= 11 is 1.61. The number of piperidine rings is 1. The molecule has 8 heteroatoms. The minimum atomic E-state index is 0.0708. The van der Waals surface area contributed by atoms with Crippen molar-refractivity contribution in [3.05, 3.63) is 36.0 Å². The molecule has 0 saturated carbocycles. The molecule has 2 aliphatic rings. The van der Waals surface area contributed by atoms with Gasteiger partial charge >= 0.3 is 0 Å². The Balaban J connectivity index is 1.29. The molecular weight excluding hydrogens is 396 g/mol. The zero-order valence-corrected chi connectivity index (χ0v) is 18.4. The summed E-state index contributed by atoms with van der Waals surface area (Å²) in [5, 5.41) is 5.75. The molecule has 0 bridgehead atoms. The molecule has 2 saturated heterocycles. The summed E-state index contributed by atoms with van der Waals surface area (Å²) < 4.78 is 1.88. The number of nitrogens with zero attached hydrogens (tertiary/aromatic N) is 6. The Kier molecular flexibility index (Phi) is 5.20. The molecule has 2 aliphatic heterocycles. The van der Waals surface area contributed by atoms with Gasteiger partial charge in [-0.1, -0.05) is 41.2 Å². The van der Waals surface area contributed by atoms with Crippen LogP contribution in [0.5, 0.6) is 0 Å². The molecule has 0 aliphatic carbocycles. The van der Waals surface area contributed by atoms with E-state index >= 15 is 0 Å². The average molecular weight is 425 g/mol. The minimum absolute atomic E-state index is 0.0708. The Morgan fingerprint density at radius 2 is 1.87 bits per heavy atom. The highest BCUT2D eigenvalue weighted by atomic mass is 32.1. The van der Waals surface area contributed by atoms with Gasteiger partial charge in [-0.05, 0) is 26.8 Å². The fourth-order valence-electron chi connectivity index (χ4n) is 4.32. The number of fused-ring (bicyclic) bond motifs is 1. The number of carbonyl (C=O) groups excluding carboxylic acids is 1. The van der Waals surface area contributed by atoms with E-state index in [0.29, 0.717) is 5.91 Å². The number of imidazole rings is 1. The first-order chi connectivity index (χ1) is 14.6. The third-order valence-electron chi connectivity index (χ3n) is 6.24. The SMILES string of the molecule is Cc1ccc(-c2cn3nc(N4CCCC(C(=O)N5CCN(C)CC5)C4)sc3n2)cc1. The Morgan fingerprint density at radius 1 is 1.10 bits per heavy atom. The lowest BCUT2D eigenvalue weighted by molar-refractivity contribution is -0.137. The number of anilines is 1. The van der Waals surface area contributed by atoms with Crippen LogP contribution in [0.25, 0.3) is 16.2 Å². The van der Waals surface area contributed by atoms with E-state index in [1.807, 2.05) is 10.7 Å². The lowest BCUT2D eigenvalue weighted by Crippen LogP contribution is -2.51. The molecule has 30 heavy (non-hydrogen) atoms. The van der Waals surface area contributed by atoms with E-state index in [4.69, 9.17) is 10.1 Å². The lowest BCUT2D eigenvalue weighted by Gasteiger charge is -2.37. The maximum absolute atomic E-state index is 13.0. The Morgan fingerprint density at radius 3 is 2.60 bits per heavy atom. The largest absolute Gasteiger partial charge is 0.346 e. The second-order valence-electron chi connectivity index (χ2n) is 8.52. The Labute approximate surface area is 180 Å². The van der Waals surface area contributed by atoms with Crippen LogP contribution in [0.1, 0.15) is 18.4 Å². The summed E-state index contributed by atoms with van der Waals surface area (Å²) in [7, 11) is 2.12. The van der Waals surface area contributed by atoms with Gasteiger partial charge < -0.3 is 14.7 Å². The highest BCUT2D eigenvalue weighted by Crippen LogP contribution is 2.30. The average Bonchev–Trinajstić information content (AvgIpc) is 3.34. The number of benzene rings is 1. The number of piperazine rings is 1. The molecular formula is C22H28N6OS. The Hall–Kier alpha value is -2.45. The normalized spacial score (nSPS) is 20.8. The van der Waals surface area contributed by atoms with Gasteiger partial charge in [-0.25, -0.2) is 9.50 Å². The van der Waals surface area contributed by atoms with Crippen LogP contribution in [0.2, 0.25) is 0 Å². The van der Waals surface area contributed by atoms with Crippen molar-refractivity contribution in [2.75, 3.05) is 51.2 Å². The smallest absolute Gasteiger partial charge is 0.227 e. The molecule has 158 valence electrons. The summed E-state index contributed by atoms with van der Waals surface area (Å²) in [6.45, 7) is 7.42. The molecule has 2 aromatic heterocycles. The highest BCUT2D eigenvalue weighted by molar-refractivity contribution is 7.20. The Bertz CT molecular complexity index is 1000. The number of hydrogen-bond acceptors (Lipinski definition) is 6. The summed E-state index contributed by atoms with van der Waals surface area (Å²) in [4.78, 5) is 25.3. The maximum Gasteiger partial charge on any atom is 0.227 e. The van der Waals surface area contributed by atoms with Crippen molar-refractivity contribution < 1.29 is 4.79 Å². The topological polar surface area (TPSA) is 57.0 Å². The predicted octanol–water partition coefficient (Wildman–Crippen LogP) is 2.76. The number of aromatic nitrogens is 3. The molecule has 1 atom stereocenters. The molecule has 1 aromatic carbocycles. The summed E-state index contributed by atoms with van der Waals surface area (Å²) in [5.41, 5.74) is 3.30. The van der Waals surface area contributed by atoms with Crippen LogP contribution < -0.4 is 4.90 Å². The van der Waals surface area contributed by atoms with Crippen LogP contribution in [0, 0.1) is 12.8 Å². The lowest BCUT2D eigenvalue weighted by atomic mass is 9.96. The summed E-state index contributed by atoms with van der Waals surface area (Å²) in [6.07, 6.45) is 4.00. The van der Waals surface area contributed by atoms with E-state index in [1.54, 1.807) is 11.3 Å². The van der Waals surface area contributed by atoms with E-state index in [2.05, 4.69) is 52.9 Å². The van der Waals surface area contributed by atoms with Gasteiger partial charge in [0.1, 0.15) is 0 Å².